The smallest absolute Gasteiger partial charge is 0.550 e. The van der Waals surface area contributed by atoms with E-state index in [1.54, 1.807) is 0 Å². The number of unbranched alkanes of at least 4 members (excludes halogenated alkanes) is 4. The third-order valence-corrected chi connectivity index (χ3v) is 1.97. The first-order valence-electron chi connectivity index (χ1n) is 5.94. The van der Waals surface area contributed by atoms with E-state index in [9.17, 15) is 19.8 Å². The minimum absolute atomic E-state index is 0. The predicted molar refractivity (Wildman–Crippen MR) is 67.7 cm³/mol. The SMILES string of the molecule is CCCCCC(=O)[O-].CCCCCC(=O)[O-].O.[Ba+2]. The topological polar surface area (TPSA) is 112 Å². The summed E-state index contributed by atoms with van der Waals surface area (Å²) in [7, 11) is 0. The Bertz CT molecular complexity index is 165. The van der Waals surface area contributed by atoms with Crippen LogP contribution in [0.5, 0.6) is 0 Å². The Morgan fingerprint density at radius 1 is 0.778 bits per heavy atom. The summed E-state index contributed by atoms with van der Waals surface area (Å²) < 4.78 is 0. The fourth-order valence-electron chi connectivity index (χ4n) is 1.04. The van der Waals surface area contributed by atoms with Crippen LogP contribution in [0.2, 0.25) is 0 Å². The van der Waals surface area contributed by atoms with E-state index >= 15 is 0 Å². The molecule has 0 aliphatic heterocycles. The van der Waals surface area contributed by atoms with E-state index in [1.165, 1.54) is 0 Å². The van der Waals surface area contributed by atoms with Crippen LogP contribution in [0.15, 0.2) is 0 Å². The van der Waals surface area contributed by atoms with Crippen LogP contribution in [-0.2, 0) is 9.59 Å². The Morgan fingerprint density at radius 2 is 1.06 bits per heavy atom. The van der Waals surface area contributed by atoms with Crippen molar-refractivity contribution in [1.82, 2.24) is 0 Å². The summed E-state index contributed by atoms with van der Waals surface area (Å²) in [5, 5.41) is 19.5. The van der Waals surface area contributed by atoms with Gasteiger partial charge in [-0.15, -0.1) is 0 Å². The van der Waals surface area contributed by atoms with E-state index < -0.39 is 11.9 Å². The van der Waals surface area contributed by atoms with Crippen LogP contribution in [0.25, 0.3) is 0 Å². The summed E-state index contributed by atoms with van der Waals surface area (Å²) in [6, 6.07) is 0. The molecule has 0 unspecified atom stereocenters. The minimum Gasteiger partial charge on any atom is -0.550 e. The van der Waals surface area contributed by atoms with Crippen LogP contribution in [-0.4, -0.2) is 66.3 Å². The number of carboxylic acid groups (broad SMARTS) is 2. The van der Waals surface area contributed by atoms with Crippen molar-refractivity contribution >= 4 is 60.8 Å². The van der Waals surface area contributed by atoms with Gasteiger partial charge in [0.05, 0.1) is 0 Å². The number of carbonyl (C=O) groups is 2. The van der Waals surface area contributed by atoms with Gasteiger partial charge >= 0.3 is 48.9 Å². The van der Waals surface area contributed by atoms with Gasteiger partial charge in [0.2, 0.25) is 0 Å². The number of aliphatic carboxylic acids is 2. The fourth-order valence-corrected chi connectivity index (χ4v) is 1.04. The molecule has 0 spiro atoms. The molecule has 5 nitrogen and oxygen atoms in total. The van der Waals surface area contributed by atoms with Gasteiger partial charge in [-0.3, -0.25) is 0 Å². The maximum atomic E-state index is 9.76. The molecule has 0 aromatic rings. The molecule has 2 N–H and O–H groups in total. The molecule has 0 radical (unpaired) electrons. The average molecular weight is 386 g/mol. The quantitative estimate of drug-likeness (QED) is 0.411. The van der Waals surface area contributed by atoms with Crippen molar-refractivity contribution < 1.29 is 25.3 Å². The molecule has 0 aromatic carbocycles. The number of rotatable bonds is 8. The Labute approximate surface area is 150 Å². The zero-order valence-corrected chi connectivity index (χ0v) is 15.9. The Morgan fingerprint density at radius 3 is 1.22 bits per heavy atom. The van der Waals surface area contributed by atoms with E-state index in [0.717, 1.165) is 38.5 Å². The number of hydrogen-bond donors (Lipinski definition) is 0. The van der Waals surface area contributed by atoms with Gasteiger partial charge in [0, 0.05) is 11.9 Å². The van der Waals surface area contributed by atoms with Crippen molar-refractivity contribution in [1.29, 1.82) is 0 Å². The van der Waals surface area contributed by atoms with Crippen LogP contribution >= 0.6 is 0 Å². The molecular weight excluding hydrogens is 361 g/mol. The summed E-state index contributed by atoms with van der Waals surface area (Å²) >= 11 is 0. The predicted octanol–water partition coefficient (Wildman–Crippen LogP) is -0.572. The number of hydrogen-bond acceptors (Lipinski definition) is 4. The van der Waals surface area contributed by atoms with E-state index in [1.807, 2.05) is 13.8 Å². The second-order valence-electron chi connectivity index (χ2n) is 3.66. The van der Waals surface area contributed by atoms with Crippen molar-refractivity contribution in [3.8, 4) is 0 Å². The maximum absolute atomic E-state index is 9.76. The first kappa shape index (κ1) is 26.9. The van der Waals surface area contributed by atoms with Crippen molar-refractivity contribution in [3.05, 3.63) is 0 Å². The largest absolute Gasteiger partial charge is 2.00 e. The molecule has 0 bridgehead atoms. The number of carbonyl (C=O) groups excluding carboxylic acids is 2. The molecule has 0 saturated heterocycles. The maximum Gasteiger partial charge on any atom is 2.00 e. The molecule has 0 amide bonds. The van der Waals surface area contributed by atoms with Gasteiger partial charge in [-0.2, -0.15) is 0 Å². The van der Waals surface area contributed by atoms with E-state index in [-0.39, 0.29) is 67.2 Å². The molecule has 104 valence electrons. The van der Waals surface area contributed by atoms with Crippen molar-refractivity contribution in [3.63, 3.8) is 0 Å². The van der Waals surface area contributed by atoms with Crippen LogP contribution in [0.1, 0.15) is 65.2 Å². The molecule has 0 rings (SSSR count). The molecule has 0 atom stereocenters. The van der Waals surface area contributed by atoms with Gasteiger partial charge in [0.15, 0.2) is 0 Å². The number of carboxylic acids is 2. The van der Waals surface area contributed by atoms with Crippen LogP contribution in [0, 0.1) is 0 Å². The van der Waals surface area contributed by atoms with Crippen LogP contribution in [0.3, 0.4) is 0 Å². The first-order valence-corrected chi connectivity index (χ1v) is 5.94. The van der Waals surface area contributed by atoms with Gasteiger partial charge < -0.3 is 25.3 Å². The molecule has 0 heterocycles. The fraction of sp³-hybridized carbons (Fsp3) is 0.833. The normalized spacial score (nSPS) is 8.11. The molecule has 18 heavy (non-hydrogen) atoms. The molecule has 0 aliphatic rings. The third-order valence-electron chi connectivity index (χ3n) is 1.97. The van der Waals surface area contributed by atoms with E-state index in [0.29, 0.717) is 0 Å². The van der Waals surface area contributed by atoms with Crippen molar-refractivity contribution in [2.45, 2.75) is 65.2 Å². The Hall–Kier alpha value is 0.471. The summed E-state index contributed by atoms with van der Waals surface area (Å²) in [5.41, 5.74) is 0. The molecule has 6 heteroatoms. The van der Waals surface area contributed by atoms with Gasteiger partial charge in [-0.25, -0.2) is 0 Å². The molecule has 0 aromatic heterocycles. The molecule has 0 aliphatic carbocycles. The Balaban J connectivity index is -0.0000000980. The summed E-state index contributed by atoms with van der Waals surface area (Å²) in [4.78, 5) is 19.5. The standard InChI is InChI=1S/2C6H12O2.Ba.H2O/c2*1-2-3-4-5-6(7)8;;/h2*2-5H2,1H3,(H,7,8);;1H2/q;;+2;/p-2. The minimum atomic E-state index is -0.932. The summed E-state index contributed by atoms with van der Waals surface area (Å²) in [6.45, 7) is 4.07. The zero-order chi connectivity index (χ0) is 12.8. The van der Waals surface area contributed by atoms with Crippen molar-refractivity contribution in [2.75, 3.05) is 0 Å². The van der Waals surface area contributed by atoms with Gasteiger partial charge in [0.1, 0.15) is 0 Å². The average Bonchev–Trinajstić information content (AvgIpc) is 2.18. The van der Waals surface area contributed by atoms with E-state index in [4.69, 9.17) is 0 Å². The second kappa shape index (κ2) is 22.6. The van der Waals surface area contributed by atoms with E-state index in [2.05, 4.69) is 0 Å². The zero-order valence-electron chi connectivity index (χ0n) is 11.5. The van der Waals surface area contributed by atoms with Gasteiger partial charge in [-0.1, -0.05) is 39.5 Å². The van der Waals surface area contributed by atoms with Gasteiger partial charge in [0.25, 0.3) is 0 Å². The Kier molecular flexibility index (Phi) is 33.9. The van der Waals surface area contributed by atoms with Crippen molar-refractivity contribution in [2.24, 2.45) is 0 Å². The molecule has 0 fully saturated rings. The summed E-state index contributed by atoms with van der Waals surface area (Å²) in [5.74, 6) is -1.86. The molecule has 0 saturated carbocycles. The summed E-state index contributed by atoms with van der Waals surface area (Å²) in [6.07, 6.45) is 6.07. The second-order valence-corrected chi connectivity index (χ2v) is 3.66. The third kappa shape index (κ3) is 36.0. The van der Waals surface area contributed by atoms with Gasteiger partial charge in [-0.05, 0) is 25.7 Å². The molecular formula is C12H24BaO5. The monoisotopic (exact) mass is 386 g/mol. The van der Waals surface area contributed by atoms with Crippen LogP contribution < -0.4 is 10.2 Å². The first-order chi connectivity index (χ1) is 7.54. The van der Waals surface area contributed by atoms with Crippen LogP contribution in [0.4, 0.5) is 0 Å².